The molecule has 0 aromatic rings. The molecule has 0 saturated heterocycles. The molecule has 25 heavy (non-hydrogen) atoms. The van der Waals surface area contributed by atoms with E-state index < -0.39 is 0 Å². The van der Waals surface area contributed by atoms with Crippen molar-refractivity contribution >= 4 is 11.8 Å². The van der Waals surface area contributed by atoms with Gasteiger partial charge in [0.2, 0.25) is 0 Å². The van der Waals surface area contributed by atoms with Crippen LogP contribution in [0.2, 0.25) is 0 Å². The number of hydrogen-bond acceptors (Lipinski definition) is 1. The van der Waals surface area contributed by atoms with Crippen LogP contribution in [0.1, 0.15) is 143 Å². The highest BCUT2D eigenvalue weighted by atomic mass is 32.2. The third kappa shape index (κ3) is 17.5. The maximum absolute atomic E-state index is 2.41. The molecule has 0 aliphatic rings. The van der Waals surface area contributed by atoms with E-state index >= 15 is 0 Å². The van der Waals surface area contributed by atoms with E-state index in [-0.39, 0.29) is 0 Å². The van der Waals surface area contributed by atoms with Crippen LogP contribution in [0, 0.1) is 0 Å². The van der Waals surface area contributed by atoms with Gasteiger partial charge in [0.1, 0.15) is 0 Å². The maximum Gasteiger partial charge on any atom is 0.00498 e. The van der Waals surface area contributed by atoms with Crippen molar-refractivity contribution in [2.45, 2.75) is 154 Å². The van der Waals surface area contributed by atoms with Crippen LogP contribution in [-0.2, 0) is 0 Å². The third-order valence-electron chi connectivity index (χ3n) is 5.40. The Morgan fingerprint density at radius 3 is 1.00 bits per heavy atom. The summed E-state index contributed by atoms with van der Waals surface area (Å²) in [7, 11) is 0. The van der Waals surface area contributed by atoms with Crippen LogP contribution in [-0.4, -0.2) is 10.5 Å². The molecule has 0 bridgehead atoms. The van der Waals surface area contributed by atoms with Gasteiger partial charge in [0.25, 0.3) is 0 Å². The zero-order valence-corrected chi connectivity index (χ0v) is 19.1. The highest BCUT2D eigenvalue weighted by molar-refractivity contribution is 8.00. The van der Waals surface area contributed by atoms with Crippen LogP contribution in [0.4, 0.5) is 0 Å². The molecule has 1 heteroatoms. The zero-order chi connectivity index (χ0) is 18.6. The Balaban J connectivity index is 4.36. The molecule has 0 aromatic carbocycles. The van der Waals surface area contributed by atoms with Crippen molar-refractivity contribution in [3.63, 3.8) is 0 Å². The topological polar surface area (TPSA) is 0 Å². The monoisotopic (exact) mass is 370 g/mol. The lowest BCUT2D eigenvalue weighted by molar-refractivity contribution is 0.553. The highest BCUT2D eigenvalue weighted by Gasteiger charge is 2.16. The molecule has 0 amide bonds. The molecular formula is C24H50S. The maximum atomic E-state index is 2.41. The van der Waals surface area contributed by atoms with Gasteiger partial charge in [-0.1, -0.05) is 118 Å². The van der Waals surface area contributed by atoms with Crippen molar-refractivity contribution in [2.24, 2.45) is 0 Å². The zero-order valence-electron chi connectivity index (χ0n) is 18.3. The standard InChI is InChI=1S/C24H50S/c1-5-9-13-17-21-23(19-15-11-7-3)25-24(20-16-12-8-4)22-18-14-10-6-2/h23-24H,5-22H2,1-4H3. The van der Waals surface area contributed by atoms with E-state index in [4.69, 9.17) is 0 Å². The van der Waals surface area contributed by atoms with Crippen LogP contribution >= 0.6 is 11.8 Å². The number of hydrogen-bond donors (Lipinski definition) is 0. The second kappa shape index (κ2) is 20.7. The first kappa shape index (κ1) is 25.4. The Morgan fingerprint density at radius 2 is 0.680 bits per heavy atom. The second-order valence-corrected chi connectivity index (χ2v) is 9.68. The van der Waals surface area contributed by atoms with Gasteiger partial charge in [-0.3, -0.25) is 0 Å². The van der Waals surface area contributed by atoms with E-state index in [1.807, 2.05) is 0 Å². The summed E-state index contributed by atoms with van der Waals surface area (Å²) in [5.74, 6) is 0. The molecule has 0 spiro atoms. The summed E-state index contributed by atoms with van der Waals surface area (Å²) in [6.07, 6.45) is 25.9. The lowest BCUT2D eigenvalue weighted by Crippen LogP contribution is -2.12. The summed E-state index contributed by atoms with van der Waals surface area (Å²) in [6.45, 7) is 9.33. The van der Waals surface area contributed by atoms with E-state index in [2.05, 4.69) is 39.5 Å². The molecule has 0 aliphatic heterocycles. The summed E-state index contributed by atoms with van der Waals surface area (Å²) in [5, 5.41) is 1.89. The predicted molar refractivity (Wildman–Crippen MR) is 121 cm³/mol. The van der Waals surface area contributed by atoms with E-state index in [0.29, 0.717) is 0 Å². The van der Waals surface area contributed by atoms with Crippen molar-refractivity contribution in [1.29, 1.82) is 0 Å². The molecule has 0 N–H and O–H groups in total. The van der Waals surface area contributed by atoms with Crippen molar-refractivity contribution in [2.75, 3.05) is 0 Å². The molecule has 0 aliphatic carbocycles. The van der Waals surface area contributed by atoms with Gasteiger partial charge in [-0.05, 0) is 25.7 Å². The van der Waals surface area contributed by atoms with Gasteiger partial charge in [-0.25, -0.2) is 0 Å². The second-order valence-electron chi connectivity index (χ2n) is 8.07. The first-order valence-electron chi connectivity index (χ1n) is 11.9. The smallest absolute Gasteiger partial charge is 0.00498 e. The van der Waals surface area contributed by atoms with Crippen LogP contribution in [0.25, 0.3) is 0 Å². The SMILES string of the molecule is CCCCCCC(CCCCC)SC(CCCCC)CCCCCC. The summed E-state index contributed by atoms with van der Waals surface area (Å²) in [5.41, 5.74) is 0. The van der Waals surface area contributed by atoms with E-state index in [0.717, 1.165) is 10.5 Å². The fraction of sp³-hybridized carbons (Fsp3) is 1.00. The Hall–Kier alpha value is 0.350. The molecular weight excluding hydrogens is 320 g/mol. The van der Waals surface area contributed by atoms with E-state index in [1.54, 1.807) is 0 Å². The summed E-state index contributed by atoms with van der Waals surface area (Å²) < 4.78 is 0. The lowest BCUT2D eigenvalue weighted by Gasteiger charge is -2.24. The molecule has 2 unspecified atom stereocenters. The quantitative estimate of drug-likeness (QED) is 0.192. The van der Waals surface area contributed by atoms with Gasteiger partial charge in [-0.15, -0.1) is 0 Å². The average Bonchev–Trinajstić information content (AvgIpc) is 2.62. The van der Waals surface area contributed by atoms with Crippen molar-refractivity contribution < 1.29 is 0 Å². The van der Waals surface area contributed by atoms with Crippen molar-refractivity contribution in [3.8, 4) is 0 Å². The molecule has 0 aromatic heterocycles. The molecule has 0 radical (unpaired) electrons. The molecule has 0 nitrogen and oxygen atoms in total. The minimum atomic E-state index is 0.946. The molecule has 0 fully saturated rings. The van der Waals surface area contributed by atoms with Gasteiger partial charge < -0.3 is 0 Å². The minimum Gasteiger partial charge on any atom is -0.155 e. The van der Waals surface area contributed by atoms with E-state index in [9.17, 15) is 0 Å². The number of thioether (sulfide) groups is 1. The first-order chi connectivity index (χ1) is 12.3. The Kier molecular flexibility index (Phi) is 20.9. The summed E-state index contributed by atoms with van der Waals surface area (Å²) in [6, 6.07) is 0. The van der Waals surface area contributed by atoms with Crippen LogP contribution < -0.4 is 0 Å². The fourth-order valence-corrected chi connectivity index (χ4v) is 5.43. The molecule has 0 heterocycles. The number of rotatable bonds is 20. The van der Waals surface area contributed by atoms with Crippen LogP contribution in [0.5, 0.6) is 0 Å². The molecule has 152 valence electrons. The average molecular weight is 371 g/mol. The van der Waals surface area contributed by atoms with Gasteiger partial charge in [0.15, 0.2) is 0 Å². The van der Waals surface area contributed by atoms with Gasteiger partial charge in [0, 0.05) is 10.5 Å². The Labute approximate surface area is 165 Å². The normalized spacial score (nSPS) is 13.9. The fourth-order valence-electron chi connectivity index (χ4n) is 3.67. The predicted octanol–water partition coefficient (Wildman–Crippen LogP) is 9.56. The molecule has 2 atom stereocenters. The summed E-state index contributed by atoms with van der Waals surface area (Å²) in [4.78, 5) is 0. The van der Waals surface area contributed by atoms with Crippen molar-refractivity contribution in [1.82, 2.24) is 0 Å². The van der Waals surface area contributed by atoms with Gasteiger partial charge in [-0.2, -0.15) is 11.8 Å². The summed E-state index contributed by atoms with van der Waals surface area (Å²) >= 11 is 2.41. The molecule has 0 saturated carbocycles. The third-order valence-corrected chi connectivity index (χ3v) is 7.12. The van der Waals surface area contributed by atoms with Gasteiger partial charge in [0.05, 0.1) is 0 Å². The minimum absolute atomic E-state index is 0.946. The largest absolute Gasteiger partial charge is 0.155 e. The van der Waals surface area contributed by atoms with E-state index in [1.165, 1.54) is 116 Å². The highest BCUT2D eigenvalue weighted by Crippen LogP contribution is 2.33. The van der Waals surface area contributed by atoms with Gasteiger partial charge >= 0.3 is 0 Å². The van der Waals surface area contributed by atoms with Crippen molar-refractivity contribution in [3.05, 3.63) is 0 Å². The number of unbranched alkanes of at least 4 members (excludes halogenated alkanes) is 10. The Morgan fingerprint density at radius 1 is 0.400 bits per heavy atom. The Bertz CT molecular complexity index is 214. The molecule has 0 rings (SSSR count). The van der Waals surface area contributed by atoms with Crippen LogP contribution in [0.15, 0.2) is 0 Å². The van der Waals surface area contributed by atoms with Crippen LogP contribution in [0.3, 0.4) is 0 Å². The lowest BCUT2D eigenvalue weighted by atomic mass is 10.1. The first-order valence-corrected chi connectivity index (χ1v) is 12.9.